The maximum atomic E-state index is 13.3. The second kappa shape index (κ2) is 5.14. The highest BCUT2D eigenvalue weighted by Crippen LogP contribution is 2.53. The van der Waals surface area contributed by atoms with Crippen molar-refractivity contribution in [3.8, 4) is 17.2 Å². The van der Waals surface area contributed by atoms with Crippen molar-refractivity contribution in [2.75, 3.05) is 26.6 Å². The molecule has 4 rings (SSSR count). The summed E-state index contributed by atoms with van der Waals surface area (Å²) in [5.74, 6) is -0.0472. The van der Waals surface area contributed by atoms with Crippen molar-refractivity contribution in [1.29, 1.82) is 0 Å². The summed E-state index contributed by atoms with van der Waals surface area (Å²) in [7, 11) is 4.38. The summed E-state index contributed by atoms with van der Waals surface area (Å²) >= 11 is 0. The van der Waals surface area contributed by atoms with E-state index in [2.05, 4.69) is 5.32 Å². The molecule has 0 fully saturated rings. The third-order valence-electron chi connectivity index (χ3n) is 4.46. The van der Waals surface area contributed by atoms with Gasteiger partial charge in [0.2, 0.25) is 11.5 Å². The summed E-state index contributed by atoms with van der Waals surface area (Å²) in [5.41, 5.74) is -0.0652. The fourth-order valence-electron chi connectivity index (χ4n) is 3.38. The molecule has 25 heavy (non-hydrogen) atoms. The van der Waals surface area contributed by atoms with Gasteiger partial charge in [-0.3, -0.25) is 4.79 Å². The normalized spacial score (nSPS) is 20.0. The van der Waals surface area contributed by atoms with Crippen molar-refractivity contribution in [3.05, 3.63) is 47.0 Å². The first-order chi connectivity index (χ1) is 12.1. The van der Waals surface area contributed by atoms with Gasteiger partial charge in [0.15, 0.2) is 11.5 Å². The minimum atomic E-state index is -1.60. The number of ether oxygens (including phenoxy) is 4. The zero-order chi connectivity index (χ0) is 17.8. The number of nitrogens with one attached hydrogen (secondary N) is 1. The third kappa shape index (κ3) is 1.80. The summed E-state index contributed by atoms with van der Waals surface area (Å²) in [6.45, 7) is 0. The molecule has 2 heterocycles. The zero-order valence-corrected chi connectivity index (χ0v) is 13.8. The van der Waals surface area contributed by atoms with Gasteiger partial charge in [0.25, 0.3) is 5.72 Å². The van der Waals surface area contributed by atoms with E-state index in [0.29, 0.717) is 28.3 Å². The van der Waals surface area contributed by atoms with Crippen LogP contribution < -0.4 is 19.5 Å². The van der Waals surface area contributed by atoms with Gasteiger partial charge in [-0.05, 0) is 6.07 Å². The summed E-state index contributed by atoms with van der Waals surface area (Å²) in [4.78, 5) is 25.5. The summed E-state index contributed by atoms with van der Waals surface area (Å²) in [6, 6.07) is 8.41. The van der Waals surface area contributed by atoms with Gasteiger partial charge in [0.05, 0.1) is 38.1 Å². The molecule has 2 aliphatic heterocycles. The minimum absolute atomic E-state index is 0.228. The Bertz CT molecular complexity index is 922. The van der Waals surface area contributed by atoms with E-state index in [1.165, 1.54) is 21.3 Å². The molecule has 1 atom stereocenters. The Morgan fingerprint density at radius 2 is 1.72 bits per heavy atom. The van der Waals surface area contributed by atoms with Gasteiger partial charge >= 0.3 is 5.97 Å². The van der Waals surface area contributed by atoms with E-state index in [9.17, 15) is 9.59 Å². The first kappa shape index (κ1) is 15.3. The lowest BCUT2D eigenvalue weighted by atomic mass is 9.95. The standard InChI is InChI=1S/C18H15NO6/c1-22-12-8-11-13(15(24-3)14(12)23-2)16(20)18(19-11)10-7-5-4-6-9(10)17(21)25-18/h4-8,19H,1-3H3. The molecule has 2 aliphatic rings. The molecule has 7 nitrogen and oxygen atoms in total. The van der Waals surface area contributed by atoms with E-state index in [4.69, 9.17) is 18.9 Å². The van der Waals surface area contributed by atoms with E-state index < -0.39 is 17.5 Å². The number of hydrogen-bond donors (Lipinski definition) is 1. The Kier molecular flexibility index (Phi) is 3.15. The molecule has 0 saturated carbocycles. The van der Waals surface area contributed by atoms with E-state index in [-0.39, 0.29) is 11.3 Å². The molecule has 0 radical (unpaired) electrons. The smallest absolute Gasteiger partial charge is 0.341 e. The monoisotopic (exact) mass is 341 g/mol. The van der Waals surface area contributed by atoms with Crippen molar-refractivity contribution < 1.29 is 28.5 Å². The number of hydrogen-bond acceptors (Lipinski definition) is 7. The van der Waals surface area contributed by atoms with E-state index >= 15 is 0 Å². The SMILES string of the molecule is COc1cc2c(c(OC)c1OC)C(=O)C1(N2)OC(=O)c2ccccc21. The van der Waals surface area contributed by atoms with Crippen LogP contribution in [0.25, 0.3) is 0 Å². The average molecular weight is 341 g/mol. The van der Waals surface area contributed by atoms with Gasteiger partial charge in [-0.2, -0.15) is 0 Å². The minimum Gasteiger partial charge on any atom is -0.493 e. The van der Waals surface area contributed by atoms with E-state index in [1.54, 1.807) is 30.3 Å². The van der Waals surface area contributed by atoms with E-state index in [1.807, 2.05) is 0 Å². The topological polar surface area (TPSA) is 83.1 Å². The second-order valence-electron chi connectivity index (χ2n) is 5.64. The second-order valence-corrected chi connectivity index (χ2v) is 5.64. The number of ketones is 1. The maximum absolute atomic E-state index is 13.3. The van der Waals surface area contributed by atoms with Crippen LogP contribution in [0.3, 0.4) is 0 Å². The number of carbonyl (C=O) groups excluding carboxylic acids is 2. The van der Waals surface area contributed by atoms with Gasteiger partial charge in [0, 0.05) is 11.6 Å². The van der Waals surface area contributed by atoms with Crippen molar-refractivity contribution in [1.82, 2.24) is 0 Å². The van der Waals surface area contributed by atoms with Crippen molar-refractivity contribution in [2.45, 2.75) is 5.72 Å². The molecule has 0 bridgehead atoms. The quantitative estimate of drug-likeness (QED) is 0.858. The van der Waals surface area contributed by atoms with Crippen molar-refractivity contribution in [2.24, 2.45) is 0 Å². The third-order valence-corrected chi connectivity index (χ3v) is 4.46. The molecule has 7 heteroatoms. The molecule has 0 amide bonds. The van der Waals surface area contributed by atoms with Crippen LogP contribution in [0.15, 0.2) is 30.3 Å². The Morgan fingerprint density at radius 1 is 1.00 bits per heavy atom. The lowest BCUT2D eigenvalue weighted by Crippen LogP contribution is -2.38. The van der Waals surface area contributed by atoms with E-state index in [0.717, 1.165) is 0 Å². The van der Waals surface area contributed by atoms with Crippen LogP contribution in [0, 0.1) is 0 Å². The summed E-state index contributed by atoms with van der Waals surface area (Å²) in [5, 5.41) is 3.04. The van der Waals surface area contributed by atoms with Crippen LogP contribution in [-0.4, -0.2) is 33.1 Å². The number of benzene rings is 2. The molecular weight excluding hydrogens is 326 g/mol. The molecule has 0 aliphatic carbocycles. The van der Waals surface area contributed by atoms with Crippen molar-refractivity contribution in [3.63, 3.8) is 0 Å². The molecule has 1 N–H and O–H groups in total. The van der Waals surface area contributed by atoms with Crippen LogP contribution in [-0.2, 0) is 10.5 Å². The zero-order valence-electron chi connectivity index (χ0n) is 13.8. The average Bonchev–Trinajstić information content (AvgIpc) is 3.08. The van der Waals surface area contributed by atoms with Crippen LogP contribution in [0.5, 0.6) is 17.2 Å². The fraction of sp³-hybridized carbons (Fsp3) is 0.222. The highest BCUT2D eigenvalue weighted by Gasteiger charge is 2.57. The van der Waals surface area contributed by atoms with Crippen LogP contribution in [0.4, 0.5) is 5.69 Å². The molecule has 0 aromatic heterocycles. The first-order valence-electron chi connectivity index (χ1n) is 7.56. The van der Waals surface area contributed by atoms with Gasteiger partial charge in [0.1, 0.15) is 0 Å². The first-order valence-corrected chi connectivity index (χ1v) is 7.56. The lowest BCUT2D eigenvalue weighted by Gasteiger charge is -2.22. The maximum Gasteiger partial charge on any atom is 0.341 e. The molecule has 0 saturated heterocycles. The number of methoxy groups -OCH3 is 3. The number of esters is 1. The number of anilines is 1. The van der Waals surface area contributed by atoms with Gasteiger partial charge in [-0.1, -0.05) is 18.2 Å². The summed E-state index contributed by atoms with van der Waals surface area (Å²) in [6.07, 6.45) is 0. The number of carbonyl (C=O) groups is 2. The van der Waals surface area contributed by atoms with Crippen LogP contribution in [0.1, 0.15) is 26.3 Å². The highest BCUT2D eigenvalue weighted by molar-refractivity contribution is 6.19. The molecule has 2 aromatic carbocycles. The molecule has 2 aromatic rings. The van der Waals surface area contributed by atoms with Crippen molar-refractivity contribution >= 4 is 17.4 Å². The number of rotatable bonds is 3. The Balaban J connectivity index is 1.96. The van der Waals surface area contributed by atoms with Crippen LogP contribution in [0.2, 0.25) is 0 Å². The fourth-order valence-corrected chi connectivity index (χ4v) is 3.38. The Morgan fingerprint density at radius 3 is 2.40 bits per heavy atom. The number of fused-ring (bicyclic) bond motifs is 3. The Labute approximate surface area is 143 Å². The number of Topliss-reactive ketones (excluding diaryl/α,β-unsaturated/α-hetero) is 1. The van der Waals surface area contributed by atoms with Gasteiger partial charge < -0.3 is 24.3 Å². The Hall–Kier alpha value is -3.22. The predicted octanol–water partition coefficient (Wildman–Crippen LogP) is 2.34. The molecule has 1 spiro atoms. The summed E-state index contributed by atoms with van der Waals surface area (Å²) < 4.78 is 21.5. The highest BCUT2D eigenvalue weighted by atomic mass is 16.6. The largest absolute Gasteiger partial charge is 0.493 e. The molecule has 1 unspecified atom stereocenters. The molecule has 128 valence electrons. The lowest BCUT2D eigenvalue weighted by molar-refractivity contribution is 0.0110. The van der Waals surface area contributed by atoms with Gasteiger partial charge in [-0.25, -0.2) is 4.79 Å². The van der Waals surface area contributed by atoms with Crippen LogP contribution >= 0.6 is 0 Å². The van der Waals surface area contributed by atoms with Gasteiger partial charge in [-0.15, -0.1) is 0 Å². The molecular formula is C18H15NO6. The predicted molar refractivity (Wildman–Crippen MR) is 87.6 cm³/mol.